The van der Waals surface area contributed by atoms with Gasteiger partial charge in [-0.15, -0.1) is 0 Å². The number of aryl methyl sites for hydroxylation is 1. The maximum atomic E-state index is 13.5. The van der Waals surface area contributed by atoms with E-state index in [1.807, 2.05) is 0 Å². The van der Waals surface area contributed by atoms with E-state index in [0.717, 1.165) is 6.07 Å². The lowest BCUT2D eigenvalue weighted by molar-refractivity contribution is -0.182. The molecule has 1 N–H and O–H groups in total. The highest BCUT2D eigenvalue weighted by molar-refractivity contribution is 6.10. The monoisotopic (exact) mass is 326 g/mol. The number of ether oxygens (including phenoxy) is 2. The largest absolute Gasteiger partial charge is 0.463 e. The number of benzene rings is 1. The predicted octanol–water partition coefficient (Wildman–Crippen LogP) is 1.56. The summed E-state index contributed by atoms with van der Waals surface area (Å²) in [6.45, 7) is 4.32. The van der Waals surface area contributed by atoms with E-state index in [2.05, 4.69) is 9.47 Å². The van der Waals surface area contributed by atoms with Gasteiger partial charge in [0.05, 0.1) is 19.6 Å². The van der Waals surface area contributed by atoms with Gasteiger partial charge >= 0.3 is 11.9 Å². The van der Waals surface area contributed by atoms with Crippen molar-refractivity contribution in [2.75, 3.05) is 13.2 Å². The molecule has 1 aromatic rings. The summed E-state index contributed by atoms with van der Waals surface area (Å²) in [7, 11) is 0. The van der Waals surface area contributed by atoms with Crippen LogP contribution in [0.2, 0.25) is 0 Å². The molecule has 0 bridgehead atoms. The second-order valence-electron chi connectivity index (χ2n) is 4.87. The molecule has 0 aromatic heterocycles. The first-order valence-corrected chi connectivity index (χ1v) is 7.12. The Morgan fingerprint density at radius 1 is 1.13 bits per heavy atom. The quantitative estimate of drug-likeness (QED) is 0.465. The van der Waals surface area contributed by atoms with E-state index in [1.54, 1.807) is 0 Å². The van der Waals surface area contributed by atoms with Gasteiger partial charge in [0.25, 0.3) is 5.60 Å². The van der Waals surface area contributed by atoms with Gasteiger partial charge in [0.2, 0.25) is 0 Å². The third-order valence-electron chi connectivity index (χ3n) is 3.14. The van der Waals surface area contributed by atoms with Gasteiger partial charge in [0.15, 0.2) is 5.78 Å². The highest BCUT2D eigenvalue weighted by Gasteiger charge is 2.49. The minimum absolute atomic E-state index is 0.0693. The zero-order chi connectivity index (χ0) is 17.6. The van der Waals surface area contributed by atoms with Crippen LogP contribution >= 0.6 is 0 Å². The Morgan fingerprint density at radius 3 is 2.09 bits per heavy atom. The van der Waals surface area contributed by atoms with Crippen LogP contribution in [0.5, 0.6) is 0 Å². The maximum Gasteiger partial charge on any atom is 0.350 e. The number of carbonyl (C=O) groups is 3. The summed E-state index contributed by atoms with van der Waals surface area (Å²) in [4.78, 5) is 35.9. The van der Waals surface area contributed by atoms with Crippen molar-refractivity contribution in [3.8, 4) is 0 Å². The zero-order valence-electron chi connectivity index (χ0n) is 13.2. The van der Waals surface area contributed by atoms with Gasteiger partial charge in [-0.05, 0) is 32.4 Å². The Hall–Kier alpha value is -2.28. The van der Waals surface area contributed by atoms with Crippen LogP contribution in [0.1, 0.15) is 36.2 Å². The Morgan fingerprint density at radius 2 is 1.65 bits per heavy atom. The molecule has 0 heterocycles. The van der Waals surface area contributed by atoms with Crippen LogP contribution in [0.25, 0.3) is 0 Å². The fourth-order valence-corrected chi connectivity index (χ4v) is 1.83. The summed E-state index contributed by atoms with van der Waals surface area (Å²) < 4.78 is 22.8. The second-order valence-corrected chi connectivity index (χ2v) is 4.87. The topological polar surface area (TPSA) is 89.9 Å². The molecule has 0 spiro atoms. The Kier molecular flexibility index (Phi) is 6.38. The summed E-state index contributed by atoms with van der Waals surface area (Å²) >= 11 is 0. The van der Waals surface area contributed by atoms with E-state index in [4.69, 9.17) is 0 Å². The number of esters is 2. The van der Waals surface area contributed by atoms with Crippen LogP contribution in [0, 0.1) is 12.7 Å². The molecular formula is C16H19FO6. The van der Waals surface area contributed by atoms with Crippen LogP contribution in [-0.4, -0.2) is 41.6 Å². The molecule has 23 heavy (non-hydrogen) atoms. The molecule has 0 amide bonds. The van der Waals surface area contributed by atoms with Gasteiger partial charge in [-0.25, -0.2) is 14.0 Å². The third kappa shape index (κ3) is 4.35. The molecule has 126 valence electrons. The summed E-state index contributed by atoms with van der Waals surface area (Å²) in [5.41, 5.74) is -2.49. The molecule has 0 aliphatic heterocycles. The molecule has 0 aliphatic rings. The summed E-state index contributed by atoms with van der Waals surface area (Å²) in [6, 6.07) is 3.71. The van der Waals surface area contributed by atoms with Crippen molar-refractivity contribution in [2.24, 2.45) is 0 Å². The van der Waals surface area contributed by atoms with Gasteiger partial charge < -0.3 is 14.6 Å². The lowest BCUT2D eigenvalue weighted by Gasteiger charge is -2.22. The highest BCUT2D eigenvalue weighted by atomic mass is 19.1. The van der Waals surface area contributed by atoms with E-state index in [-0.39, 0.29) is 18.8 Å². The standard InChI is InChI=1S/C16H19FO6/c1-4-22-14(19)16(21,15(20)23-5-2)9-13(18)11-7-6-10(3)12(17)8-11/h6-8,21H,4-5,9H2,1-3H3. The van der Waals surface area contributed by atoms with Gasteiger partial charge in [-0.3, -0.25) is 4.79 Å². The van der Waals surface area contributed by atoms with Crippen LogP contribution in [0.3, 0.4) is 0 Å². The summed E-state index contributed by atoms with van der Waals surface area (Å²) in [6.07, 6.45) is -0.896. The summed E-state index contributed by atoms with van der Waals surface area (Å²) in [5.74, 6) is -3.95. The van der Waals surface area contributed by atoms with E-state index >= 15 is 0 Å². The Bertz CT molecular complexity index is 593. The molecule has 7 heteroatoms. The average molecular weight is 326 g/mol. The van der Waals surface area contributed by atoms with Gasteiger partial charge in [-0.2, -0.15) is 0 Å². The fraction of sp³-hybridized carbons (Fsp3) is 0.438. The van der Waals surface area contributed by atoms with Crippen LogP contribution in [-0.2, 0) is 19.1 Å². The van der Waals surface area contributed by atoms with Crippen molar-refractivity contribution in [2.45, 2.75) is 32.8 Å². The molecule has 6 nitrogen and oxygen atoms in total. The number of hydrogen-bond acceptors (Lipinski definition) is 6. The minimum atomic E-state index is -2.76. The molecule has 1 aromatic carbocycles. The summed E-state index contributed by atoms with van der Waals surface area (Å²) in [5, 5.41) is 10.3. The van der Waals surface area contributed by atoms with Crippen LogP contribution < -0.4 is 0 Å². The number of aliphatic hydroxyl groups is 1. The molecule has 0 saturated heterocycles. The van der Waals surface area contributed by atoms with Crippen molar-refractivity contribution >= 4 is 17.7 Å². The van der Waals surface area contributed by atoms with E-state index in [0.29, 0.717) is 5.56 Å². The molecule has 0 unspecified atom stereocenters. The number of hydrogen-bond donors (Lipinski definition) is 1. The first-order chi connectivity index (χ1) is 10.8. The maximum absolute atomic E-state index is 13.5. The van der Waals surface area contributed by atoms with Gasteiger partial charge in [0, 0.05) is 5.56 Å². The highest BCUT2D eigenvalue weighted by Crippen LogP contribution is 2.20. The molecular weight excluding hydrogens is 307 g/mol. The molecule has 0 saturated carbocycles. The zero-order valence-corrected chi connectivity index (χ0v) is 13.2. The smallest absolute Gasteiger partial charge is 0.350 e. The molecule has 0 aliphatic carbocycles. The second kappa shape index (κ2) is 7.82. The van der Waals surface area contributed by atoms with Crippen LogP contribution in [0.4, 0.5) is 4.39 Å². The van der Waals surface area contributed by atoms with Crippen molar-refractivity contribution in [3.63, 3.8) is 0 Å². The Balaban J connectivity index is 3.08. The lowest BCUT2D eigenvalue weighted by atomic mass is 9.93. The first-order valence-electron chi connectivity index (χ1n) is 7.12. The predicted molar refractivity (Wildman–Crippen MR) is 78.3 cm³/mol. The first kappa shape index (κ1) is 18.8. The van der Waals surface area contributed by atoms with Crippen molar-refractivity contribution < 1.29 is 33.4 Å². The molecule has 0 fully saturated rings. The molecule has 1 rings (SSSR count). The molecule has 0 radical (unpaired) electrons. The Labute approximate surface area is 133 Å². The van der Waals surface area contributed by atoms with E-state index in [9.17, 15) is 23.9 Å². The SMILES string of the molecule is CCOC(=O)C(O)(CC(=O)c1ccc(C)c(F)c1)C(=O)OCC. The number of rotatable bonds is 7. The van der Waals surface area contributed by atoms with Gasteiger partial charge in [-0.1, -0.05) is 12.1 Å². The van der Waals surface area contributed by atoms with Crippen molar-refractivity contribution in [1.29, 1.82) is 0 Å². The number of carbonyl (C=O) groups excluding carboxylic acids is 3. The van der Waals surface area contributed by atoms with E-state index in [1.165, 1.54) is 32.9 Å². The van der Waals surface area contributed by atoms with Crippen molar-refractivity contribution in [1.82, 2.24) is 0 Å². The van der Waals surface area contributed by atoms with Crippen molar-refractivity contribution in [3.05, 3.63) is 35.1 Å². The van der Waals surface area contributed by atoms with Crippen LogP contribution in [0.15, 0.2) is 18.2 Å². The molecule has 0 atom stereocenters. The number of Topliss-reactive ketones (excluding diaryl/α,β-unsaturated/α-hetero) is 1. The van der Waals surface area contributed by atoms with Gasteiger partial charge in [0.1, 0.15) is 5.82 Å². The third-order valence-corrected chi connectivity index (χ3v) is 3.14. The van der Waals surface area contributed by atoms with E-state index < -0.39 is 35.6 Å². The lowest BCUT2D eigenvalue weighted by Crippen LogP contribution is -2.50. The average Bonchev–Trinajstić information content (AvgIpc) is 2.50. The minimum Gasteiger partial charge on any atom is -0.463 e. The fourth-order valence-electron chi connectivity index (χ4n) is 1.83. The number of ketones is 1. The normalized spacial score (nSPS) is 11.0. The number of halogens is 1.